The van der Waals surface area contributed by atoms with Crippen molar-refractivity contribution >= 4 is 5.91 Å². The molecule has 24 heavy (non-hydrogen) atoms. The van der Waals surface area contributed by atoms with Crippen molar-refractivity contribution in [1.29, 1.82) is 0 Å². The number of carbonyl (C=O) groups is 1. The first-order valence-electron chi connectivity index (χ1n) is 7.29. The third-order valence-corrected chi connectivity index (χ3v) is 3.49. The molecule has 2 aromatic heterocycles. The van der Waals surface area contributed by atoms with Gasteiger partial charge in [-0.1, -0.05) is 12.1 Å². The summed E-state index contributed by atoms with van der Waals surface area (Å²) in [6, 6.07) is 8.70. The van der Waals surface area contributed by atoms with Gasteiger partial charge in [0.05, 0.1) is 6.10 Å². The zero-order chi connectivity index (χ0) is 16.9. The lowest BCUT2D eigenvalue weighted by atomic mass is 10.1. The number of benzene rings is 1. The Kier molecular flexibility index (Phi) is 4.62. The highest BCUT2D eigenvalue weighted by molar-refractivity contribution is 5.94. The zero-order valence-electron chi connectivity index (χ0n) is 12.6. The molecule has 1 unspecified atom stereocenters. The van der Waals surface area contributed by atoms with E-state index in [1.807, 2.05) is 0 Å². The summed E-state index contributed by atoms with van der Waals surface area (Å²) in [7, 11) is 0. The molecule has 3 rings (SSSR count). The highest BCUT2D eigenvalue weighted by Crippen LogP contribution is 2.13. The molecule has 1 aromatic carbocycles. The van der Waals surface area contributed by atoms with E-state index in [1.54, 1.807) is 35.4 Å². The lowest BCUT2D eigenvalue weighted by Crippen LogP contribution is -2.28. The molecule has 7 heteroatoms. The summed E-state index contributed by atoms with van der Waals surface area (Å²) in [6.07, 6.45) is 5.54. The molecule has 1 atom stereocenters. The Labute approximate surface area is 137 Å². The third kappa shape index (κ3) is 3.64. The number of pyridine rings is 1. The monoisotopic (exact) mass is 326 g/mol. The van der Waals surface area contributed by atoms with Gasteiger partial charge in [0.25, 0.3) is 5.91 Å². The summed E-state index contributed by atoms with van der Waals surface area (Å²) in [4.78, 5) is 20.3. The van der Waals surface area contributed by atoms with Crippen LogP contribution >= 0.6 is 0 Å². The van der Waals surface area contributed by atoms with Crippen LogP contribution in [0.2, 0.25) is 0 Å². The number of aliphatic hydroxyl groups excluding tert-OH is 1. The molecule has 0 saturated heterocycles. The molecular formula is C17H15FN4O2. The van der Waals surface area contributed by atoms with Gasteiger partial charge < -0.3 is 10.4 Å². The number of aromatic nitrogens is 3. The number of aliphatic hydroxyl groups is 1. The van der Waals surface area contributed by atoms with Gasteiger partial charge in [-0.2, -0.15) is 0 Å². The number of hydrogen-bond donors (Lipinski definition) is 2. The van der Waals surface area contributed by atoms with Crippen LogP contribution in [-0.4, -0.2) is 32.1 Å². The van der Waals surface area contributed by atoms with Gasteiger partial charge in [0.2, 0.25) is 0 Å². The van der Waals surface area contributed by atoms with Crippen molar-refractivity contribution in [2.45, 2.75) is 6.10 Å². The van der Waals surface area contributed by atoms with Gasteiger partial charge in [0.1, 0.15) is 18.0 Å². The summed E-state index contributed by atoms with van der Waals surface area (Å²) >= 11 is 0. The average Bonchev–Trinajstić information content (AvgIpc) is 3.15. The Balaban J connectivity index is 1.65. The summed E-state index contributed by atoms with van der Waals surface area (Å²) in [5.74, 6) is -0.141. The van der Waals surface area contributed by atoms with Crippen LogP contribution in [0.15, 0.2) is 61.3 Å². The normalized spacial score (nSPS) is 11.9. The van der Waals surface area contributed by atoms with E-state index in [9.17, 15) is 14.3 Å². The van der Waals surface area contributed by atoms with E-state index in [4.69, 9.17) is 0 Å². The lowest BCUT2D eigenvalue weighted by molar-refractivity contribution is 0.0916. The quantitative estimate of drug-likeness (QED) is 0.750. The fourth-order valence-electron chi connectivity index (χ4n) is 2.19. The van der Waals surface area contributed by atoms with Gasteiger partial charge in [-0.15, -0.1) is 0 Å². The van der Waals surface area contributed by atoms with E-state index in [0.29, 0.717) is 16.9 Å². The number of halogens is 1. The van der Waals surface area contributed by atoms with Crippen molar-refractivity contribution in [2.75, 3.05) is 6.54 Å². The SMILES string of the molecule is O=C(NCC(O)c1ccc(F)cc1)c1ccnc(-n2ccnc2)c1. The summed E-state index contributed by atoms with van der Waals surface area (Å²) in [6.45, 7) is 0.0210. The van der Waals surface area contributed by atoms with Crippen LogP contribution in [-0.2, 0) is 0 Å². The van der Waals surface area contributed by atoms with Crippen molar-refractivity contribution in [1.82, 2.24) is 19.9 Å². The van der Waals surface area contributed by atoms with Crippen molar-refractivity contribution in [2.24, 2.45) is 0 Å². The number of amides is 1. The predicted octanol–water partition coefficient (Wildman–Crippen LogP) is 1.87. The molecule has 122 valence electrons. The minimum absolute atomic E-state index is 0.0210. The molecule has 0 aliphatic heterocycles. The van der Waals surface area contributed by atoms with Gasteiger partial charge in [0.15, 0.2) is 0 Å². The van der Waals surface area contributed by atoms with Crippen LogP contribution in [0.25, 0.3) is 5.82 Å². The maximum atomic E-state index is 12.9. The molecule has 0 radical (unpaired) electrons. The molecule has 0 aliphatic rings. The van der Waals surface area contributed by atoms with Crippen molar-refractivity contribution in [3.8, 4) is 5.82 Å². The number of nitrogens with zero attached hydrogens (tertiary/aromatic N) is 3. The first kappa shape index (κ1) is 15.8. The van der Waals surface area contributed by atoms with Gasteiger partial charge in [-0.25, -0.2) is 14.4 Å². The predicted molar refractivity (Wildman–Crippen MR) is 85.1 cm³/mol. The van der Waals surface area contributed by atoms with Crippen LogP contribution in [0.4, 0.5) is 4.39 Å². The Hall–Kier alpha value is -3.06. The molecule has 0 saturated carbocycles. The van der Waals surface area contributed by atoms with Crippen molar-refractivity contribution in [3.63, 3.8) is 0 Å². The van der Waals surface area contributed by atoms with Crippen LogP contribution in [0.5, 0.6) is 0 Å². The minimum atomic E-state index is -0.912. The second-order valence-electron chi connectivity index (χ2n) is 5.15. The van der Waals surface area contributed by atoms with Gasteiger partial charge in [0, 0.05) is 30.7 Å². The highest BCUT2D eigenvalue weighted by Gasteiger charge is 2.12. The Morgan fingerprint density at radius 1 is 1.25 bits per heavy atom. The van der Waals surface area contributed by atoms with Crippen LogP contribution in [0.1, 0.15) is 22.0 Å². The maximum Gasteiger partial charge on any atom is 0.251 e. The molecule has 0 spiro atoms. The first-order chi connectivity index (χ1) is 11.6. The molecule has 1 amide bonds. The standard InChI is InChI=1S/C17H15FN4O2/c18-14-3-1-12(2-4-14)15(23)10-21-17(24)13-5-6-20-16(9-13)22-8-7-19-11-22/h1-9,11,15,23H,10H2,(H,21,24). The Morgan fingerprint density at radius 3 is 2.75 bits per heavy atom. The molecule has 2 heterocycles. The second-order valence-corrected chi connectivity index (χ2v) is 5.15. The lowest BCUT2D eigenvalue weighted by Gasteiger charge is -2.12. The van der Waals surface area contributed by atoms with E-state index in [1.165, 1.54) is 30.5 Å². The van der Waals surface area contributed by atoms with Crippen molar-refractivity contribution in [3.05, 3.63) is 78.3 Å². The van der Waals surface area contributed by atoms with Gasteiger partial charge >= 0.3 is 0 Å². The van der Waals surface area contributed by atoms with E-state index in [-0.39, 0.29) is 18.3 Å². The number of carbonyl (C=O) groups excluding carboxylic acids is 1. The smallest absolute Gasteiger partial charge is 0.251 e. The fraction of sp³-hybridized carbons (Fsp3) is 0.118. The Bertz CT molecular complexity index is 819. The van der Waals surface area contributed by atoms with Crippen LogP contribution in [0.3, 0.4) is 0 Å². The zero-order valence-corrected chi connectivity index (χ0v) is 12.6. The molecular weight excluding hydrogens is 311 g/mol. The van der Waals surface area contributed by atoms with Crippen LogP contribution < -0.4 is 5.32 Å². The highest BCUT2D eigenvalue weighted by atomic mass is 19.1. The van der Waals surface area contributed by atoms with E-state index in [0.717, 1.165) is 0 Å². The number of nitrogens with one attached hydrogen (secondary N) is 1. The van der Waals surface area contributed by atoms with Gasteiger partial charge in [-0.05, 0) is 29.8 Å². The number of hydrogen-bond acceptors (Lipinski definition) is 4. The van der Waals surface area contributed by atoms with E-state index in [2.05, 4.69) is 15.3 Å². The minimum Gasteiger partial charge on any atom is -0.387 e. The number of rotatable bonds is 5. The van der Waals surface area contributed by atoms with E-state index < -0.39 is 6.10 Å². The maximum absolute atomic E-state index is 12.9. The van der Waals surface area contributed by atoms with Crippen LogP contribution in [0, 0.1) is 5.82 Å². The molecule has 0 fully saturated rings. The topological polar surface area (TPSA) is 80.0 Å². The molecule has 0 aliphatic carbocycles. The molecule has 2 N–H and O–H groups in total. The van der Waals surface area contributed by atoms with E-state index >= 15 is 0 Å². The molecule has 3 aromatic rings. The Morgan fingerprint density at radius 2 is 2.04 bits per heavy atom. The first-order valence-corrected chi connectivity index (χ1v) is 7.29. The average molecular weight is 326 g/mol. The van der Waals surface area contributed by atoms with Crippen molar-refractivity contribution < 1.29 is 14.3 Å². The number of imidazole rings is 1. The largest absolute Gasteiger partial charge is 0.387 e. The van der Waals surface area contributed by atoms with Gasteiger partial charge in [-0.3, -0.25) is 9.36 Å². The molecule has 6 nitrogen and oxygen atoms in total. The summed E-state index contributed by atoms with van der Waals surface area (Å²) < 4.78 is 14.6. The summed E-state index contributed by atoms with van der Waals surface area (Å²) in [5.41, 5.74) is 0.950. The fourth-order valence-corrected chi connectivity index (χ4v) is 2.19. The third-order valence-electron chi connectivity index (χ3n) is 3.49. The summed E-state index contributed by atoms with van der Waals surface area (Å²) in [5, 5.41) is 12.7. The second kappa shape index (κ2) is 7.01. The molecule has 0 bridgehead atoms.